The summed E-state index contributed by atoms with van der Waals surface area (Å²) < 4.78 is 5.08. The number of amides is 1. The fourth-order valence-corrected chi connectivity index (χ4v) is 1.35. The van der Waals surface area contributed by atoms with E-state index in [9.17, 15) is 4.79 Å². The minimum absolute atomic E-state index is 0.123. The van der Waals surface area contributed by atoms with Crippen molar-refractivity contribution in [2.24, 2.45) is 0 Å². The first-order valence-electron chi connectivity index (χ1n) is 5.06. The molecule has 16 heavy (non-hydrogen) atoms. The summed E-state index contributed by atoms with van der Waals surface area (Å²) in [5.41, 5.74) is 6.72. The number of benzene rings is 1. The molecular formula is C11H15ClN2O2. The minimum Gasteiger partial charge on any atom is -0.397 e. The van der Waals surface area contributed by atoms with Crippen molar-refractivity contribution in [3.8, 4) is 0 Å². The van der Waals surface area contributed by atoms with Gasteiger partial charge in [0, 0.05) is 11.6 Å². The largest absolute Gasteiger partial charge is 0.397 e. The molecule has 0 fully saturated rings. The van der Waals surface area contributed by atoms with Crippen LogP contribution in [0.25, 0.3) is 0 Å². The molecule has 4 nitrogen and oxygen atoms in total. The van der Waals surface area contributed by atoms with Crippen LogP contribution in [-0.4, -0.2) is 19.1 Å². The molecule has 0 aromatic heterocycles. The van der Waals surface area contributed by atoms with Gasteiger partial charge in [-0.05, 0) is 25.1 Å². The third kappa shape index (κ3) is 4.08. The van der Waals surface area contributed by atoms with E-state index in [0.717, 1.165) is 0 Å². The number of hydrogen-bond donors (Lipinski definition) is 2. The Kier molecular flexibility index (Phi) is 5.08. The summed E-state index contributed by atoms with van der Waals surface area (Å²) in [4.78, 5) is 11.4. The van der Waals surface area contributed by atoms with Gasteiger partial charge in [-0.3, -0.25) is 4.79 Å². The average molecular weight is 243 g/mol. The number of hydrogen-bond acceptors (Lipinski definition) is 3. The maximum absolute atomic E-state index is 11.4. The van der Waals surface area contributed by atoms with Gasteiger partial charge in [0.05, 0.1) is 24.4 Å². The first-order chi connectivity index (χ1) is 7.63. The first-order valence-corrected chi connectivity index (χ1v) is 5.44. The Bertz CT molecular complexity index is 369. The Morgan fingerprint density at radius 2 is 2.31 bits per heavy atom. The Hall–Kier alpha value is -1.26. The van der Waals surface area contributed by atoms with E-state index in [1.165, 1.54) is 0 Å². The smallest absolute Gasteiger partial charge is 0.226 e. The summed E-state index contributed by atoms with van der Waals surface area (Å²) >= 11 is 5.74. The molecule has 1 aromatic carbocycles. The zero-order valence-electron chi connectivity index (χ0n) is 9.13. The molecule has 1 amide bonds. The van der Waals surface area contributed by atoms with E-state index in [2.05, 4.69) is 5.32 Å². The van der Waals surface area contributed by atoms with Crippen LogP contribution in [0.2, 0.25) is 5.02 Å². The van der Waals surface area contributed by atoms with E-state index in [1.807, 2.05) is 6.92 Å². The molecule has 0 bridgehead atoms. The molecule has 0 aliphatic carbocycles. The predicted octanol–water partition coefficient (Wildman–Crippen LogP) is 2.29. The third-order valence-electron chi connectivity index (χ3n) is 1.97. The second-order valence-corrected chi connectivity index (χ2v) is 3.66. The summed E-state index contributed by atoms with van der Waals surface area (Å²) in [5, 5.41) is 3.24. The molecule has 1 rings (SSSR count). The van der Waals surface area contributed by atoms with Crippen molar-refractivity contribution in [1.82, 2.24) is 0 Å². The number of nitrogens with two attached hydrogens (primary N) is 1. The van der Waals surface area contributed by atoms with E-state index in [-0.39, 0.29) is 5.91 Å². The molecule has 1 aromatic rings. The highest BCUT2D eigenvalue weighted by molar-refractivity contribution is 6.31. The van der Waals surface area contributed by atoms with Crippen LogP contribution >= 0.6 is 11.6 Å². The van der Waals surface area contributed by atoms with Crippen molar-refractivity contribution in [2.45, 2.75) is 13.3 Å². The van der Waals surface area contributed by atoms with E-state index < -0.39 is 0 Å². The number of carbonyl (C=O) groups excluding carboxylic acids is 1. The van der Waals surface area contributed by atoms with Crippen LogP contribution in [-0.2, 0) is 9.53 Å². The molecular weight excluding hydrogens is 228 g/mol. The molecule has 3 N–H and O–H groups in total. The number of ether oxygens (including phenoxy) is 1. The van der Waals surface area contributed by atoms with Crippen molar-refractivity contribution in [3.05, 3.63) is 23.2 Å². The molecule has 0 heterocycles. The highest BCUT2D eigenvalue weighted by Crippen LogP contribution is 2.22. The highest BCUT2D eigenvalue weighted by atomic mass is 35.5. The van der Waals surface area contributed by atoms with Crippen LogP contribution in [0.4, 0.5) is 11.4 Å². The van der Waals surface area contributed by atoms with Gasteiger partial charge in [0.25, 0.3) is 0 Å². The SMILES string of the molecule is CCOCCC(=O)Nc1ccc(Cl)cc1N. The zero-order valence-corrected chi connectivity index (χ0v) is 9.88. The second-order valence-electron chi connectivity index (χ2n) is 3.23. The number of nitrogen functional groups attached to an aromatic ring is 1. The molecule has 0 unspecified atom stereocenters. The molecule has 0 radical (unpaired) electrons. The zero-order chi connectivity index (χ0) is 12.0. The molecule has 0 saturated heterocycles. The topological polar surface area (TPSA) is 64.3 Å². The highest BCUT2D eigenvalue weighted by Gasteiger charge is 2.05. The maximum atomic E-state index is 11.4. The average Bonchev–Trinajstić information content (AvgIpc) is 2.23. The number of carbonyl (C=O) groups is 1. The fourth-order valence-electron chi connectivity index (χ4n) is 1.17. The van der Waals surface area contributed by atoms with Gasteiger partial charge in [-0.25, -0.2) is 0 Å². The van der Waals surface area contributed by atoms with Crippen molar-refractivity contribution < 1.29 is 9.53 Å². The van der Waals surface area contributed by atoms with Crippen LogP contribution in [0.3, 0.4) is 0 Å². The lowest BCUT2D eigenvalue weighted by Crippen LogP contribution is -2.15. The molecule has 0 aliphatic heterocycles. The van der Waals surface area contributed by atoms with Gasteiger partial charge >= 0.3 is 0 Å². The summed E-state index contributed by atoms with van der Waals surface area (Å²) in [6, 6.07) is 4.95. The molecule has 0 atom stereocenters. The van der Waals surface area contributed by atoms with Crippen LogP contribution < -0.4 is 11.1 Å². The van der Waals surface area contributed by atoms with Gasteiger partial charge in [0.15, 0.2) is 0 Å². The minimum atomic E-state index is -0.123. The molecule has 0 spiro atoms. The van der Waals surface area contributed by atoms with Gasteiger partial charge in [-0.2, -0.15) is 0 Å². The molecule has 0 saturated carbocycles. The van der Waals surface area contributed by atoms with Crippen molar-refractivity contribution in [1.29, 1.82) is 0 Å². The van der Waals surface area contributed by atoms with E-state index in [0.29, 0.717) is 36.0 Å². The summed E-state index contributed by atoms with van der Waals surface area (Å²) in [7, 11) is 0. The van der Waals surface area contributed by atoms with Crippen LogP contribution in [0.5, 0.6) is 0 Å². The van der Waals surface area contributed by atoms with E-state index >= 15 is 0 Å². The van der Waals surface area contributed by atoms with Crippen LogP contribution in [0, 0.1) is 0 Å². The monoisotopic (exact) mass is 242 g/mol. The number of anilines is 2. The lowest BCUT2D eigenvalue weighted by atomic mass is 10.2. The molecule has 88 valence electrons. The summed E-state index contributed by atoms with van der Waals surface area (Å²) in [6.07, 6.45) is 0.315. The van der Waals surface area contributed by atoms with Crippen molar-refractivity contribution in [3.63, 3.8) is 0 Å². The van der Waals surface area contributed by atoms with Gasteiger partial charge in [-0.15, -0.1) is 0 Å². The van der Waals surface area contributed by atoms with Gasteiger partial charge in [-0.1, -0.05) is 11.6 Å². The Morgan fingerprint density at radius 1 is 1.56 bits per heavy atom. The Labute approximate surface area is 99.7 Å². The standard InChI is InChI=1S/C11H15ClN2O2/c1-2-16-6-5-11(15)14-10-4-3-8(12)7-9(10)13/h3-4,7H,2,5-6,13H2,1H3,(H,14,15). The summed E-state index contributed by atoms with van der Waals surface area (Å²) in [6.45, 7) is 2.90. The predicted molar refractivity (Wildman–Crippen MR) is 65.6 cm³/mol. The number of rotatable bonds is 5. The fraction of sp³-hybridized carbons (Fsp3) is 0.364. The van der Waals surface area contributed by atoms with Crippen molar-refractivity contribution >= 4 is 28.9 Å². The van der Waals surface area contributed by atoms with Gasteiger partial charge in [0.1, 0.15) is 0 Å². The normalized spacial score (nSPS) is 10.1. The number of nitrogens with one attached hydrogen (secondary N) is 1. The quantitative estimate of drug-likeness (QED) is 0.615. The van der Waals surface area contributed by atoms with Gasteiger partial charge < -0.3 is 15.8 Å². The summed E-state index contributed by atoms with van der Waals surface area (Å²) in [5.74, 6) is -0.123. The molecule has 0 aliphatic rings. The van der Waals surface area contributed by atoms with Gasteiger partial charge in [0.2, 0.25) is 5.91 Å². The Morgan fingerprint density at radius 3 is 2.94 bits per heavy atom. The number of halogens is 1. The molecule has 5 heteroatoms. The Balaban J connectivity index is 2.49. The van der Waals surface area contributed by atoms with Crippen molar-refractivity contribution in [2.75, 3.05) is 24.3 Å². The second kappa shape index (κ2) is 6.35. The third-order valence-corrected chi connectivity index (χ3v) is 2.20. The first kappa shape index (κ1) is 12.8. The van der Waals surface area contributed by atoms with Crippen LogP contribution in [0.1, 0.15) is 13.3 Å². The maximum Gasteiger partial charge on any atom is 0.226 e. The lowest BCUT2D eigenvalue weighted by Gasteiger charge is -2.08. The van der Waals surface area contributed by atoms with E-state index in [4.69, 9.17) is 22.1 Å². The van der Waals surface area contributed by atoms with E-state index in [1.54, 1.807) is 18.2 Å². The lowest BCUT2D eigenvalue weighted by molar-refractivity contribution is -0.117. The van der Waals surface area contributed by atoms with Crippen LogP contribution in [0.15, 0.2) is 18.2 Å².